The molecule has 0 radical (unpaired) electrons. The Labute approximate surface area is 80.6 Å². The minimum atomic E-state index is 1.13. The Morgan fingerprint density at radius 3 is 2.15 bits per heavy atom. The predicted octanol–water partition coefficient (Wildman–Crippen LogP) is 3.77. The standard InChI is InChI=1S/C10H11N.C2H6/c1-9(7-8-11)10-5-3-2-4-6-10;1-2/h2-8,11H,1H3;1-2H3/b9-7-,11-8?;. The van der Waals surface area contributed by atoms with Crippen molar-refractivity contribution in [1.29, 1.82) is 5.41 Å². The Hall–Kier alpha value is -1.37. The van der Waals surface area contributed by atoms with Gasteiger partial charge >= 0.3 is 0 Å². The van der Waals surface area contributed by atoms with Crippen LogP contribution in [-0.2, 0) is 0 Å². The first kappa shape index (κ1) is 11.6. The van der Waals surface area contributed by atoms with Gasteiger partial charge in [0.15, 0.2) is 0 Å². The lowest BCUT2D eigenvalue weighted by Crippen LogP contribution is -1.77. The summed E-state index contributed by atoms with van der Waals surface area (Å²) in [7, 11) is 0. The highest BCUT2D eigenvalue weighted by Crippen LogP contribution is 2.10. The summed E-state index contributed by atoms with van der Waals surface area (Å²) in [6.07, 6.45) is 3.09. The zero-order chi connectivity index (χ0) is 10.1. The van der Waals surface area contributed by atoms with Gasteiger partial charge in [-0.3, -0.25) is 0 Å². The molecule has 1 aromatic carbocycles. The molecule has 0 unspecified atom stereocenters. The third kappa shape index (κ3) is 4.26. The van der Waals surface area contributed by atoms with E-state index in [0.717, 1.165) is 5.57 Å². The molecule has 1 nitrogen and oxygen atoms in total. The molecule has 13 heavy (non-hydrogen) atoms. The molecule has 1 rings (SSSR count). The molecule has 0 amide bonds. The van der Waals surface area contributed by atoms with Crippen molar-refractivity contribution in [3.8, 4) is 0 Å². The van der Waals surface area contributed by atoms with Gasteiger partial charge in [-0.15, -0.1) is 0 Å². The molecule has 1 N–H and O–H groups in total. The summed E-state index contributed by atoms with van der Waals surface area (Å²) in [5.74, 6) is 0. The van der Waals surface area contributed by atoms with Crippen LogP contribution >= 0.6 is 0 Å². The van der Waals surface area contributed by atoms with E-state index in [2.05, 4.69) is 0 Å². The number of rotatable bonds is 2. The van der Waals surface area contributed by atoms with Gasteiger partial charge in [-0.25, -0.2) is 0 Å². The molecular formula is C12H17N. The summed E-state index contributed by atoms with van der Waals surface area (Å²) in [6, 6.07) is 10.1. The van der Waals surface area contributed by atoms with Gasteiger partial charge in [-0.1, -0.05) is 44.2 Å². The Balaban J connectivity index is 0.000000671. The van der Waals surface area contributed by atoms with Crippen LogP contribution in [0.15, 0.2) is 36.4 Å². The molecule has 0 spiro atoms. The number of hydrogen-bond donors (Lipinski definition) is 1. The molecule has 0 atom stereocenters. The van der Waals surface area contributed by atoms with Crippen LogP contribution in [0.5, 0.6) is 0 Å². The van der Waals surface area contributed by atoms with Crippen molar-refractivity contribution < 1.29 is 0 Å². The average Bonchev–Trinajstić information content (AvgIpc) is 2.23. The Morgan fingerprint density at radius 1 is 1.15 bits per heavy atom. The largest absolute Gasteiger partial charge is 0.309 e. The fourth-order valence-corrected chi connectivity index (χ4v) is 0.922. The smallest absolute Gasteiger partial charge is 0.0180 e. The van der Waals surface area contributed by atoms with Crippen molar-refractivity contribution >= 4 is 11.8 Å². The zero-order valence-electron chi connectivity index (χ0n) is 8.54. The normalized spacial score (nSPS) is 9.92. The van der Waals surface area contributed by atoms with Crippen LogP contribution in [-0.4, -0.2) is 6.21 Å². The van der Waals surface area contributed by atoms with Crippen molar-refractivity contribution in [2.24, 2.45) is 0 Å². The van der Waals surface area contributed by atoms with Gasteiger partial charge in [0.1, 0.15) is 0 Å². The van der Waals surface area contributed by atoms with Crippen molar-refractivity contribution in [3.05, 3.63) is 42.0 Å². The molecule has 0 aliphatic heterocycles. The van der Waals surface area contributed by atoms with E-state index in [4.69, 9.17) is 5.41 Å². The average molecular weight is 175 g/mol. The van der Waals surface area contributed by atoms with E-state index >= 15 is 0 Å². The monoisotopic (exact) mass is 175 g/mol. The lowest BCUT2D eigenvalue weighted by molar-refractivity contribution is 1.50. The van der Waals surface area contributed by atoms with Gasteiger partial charge in [0.25, 0.3) is 0 Å². The van der Waals surface area contributed by atoms with Crippen molar-refractivity contribution in [3.63, 3.8) is 0 Å². The maximum atomic E-state index is 6.88. The molecule has 0 heterocycles. The van der Waals surface area contributed by atoms with Crippen LogP contribution in [0.4, 0.5) is 0 Å². The second-order valence-electron chi connectivity index (χ2n) is 2.38. The molecule has 0 aliphatic rings. The maximum Gasteiger partial charge on any atom is 0.0180 e. The fraction of sp³-hybridized carbons (Fsp3) is 0.250. The number of nitrogens with one attached hydrogen (secondary N) is 1. The molecule has 0 aromatic heterocycles. The van der Waals surface area contributed by atoms with E-state index in [1.807, 2.05) is 51.1 Å². The molecule has 0 fully saturated rings. The number of allylic oxidation sites excluding steroid dienone is 2. The van der Waals surface area contributed by atoms with Crippen LogP contribution in [0.2, 0.25) is 0 Å². The second-order valence-corrected chi connectivity index (χ2v) is 2.38. The summed E-state index contributed by atoms with van der Waals surface area (Å²) >= 11 is 0. The highest BCUT2D eigenvalue weighted by atomic mass is 14.3. The van der Waals surface area contributed by atoms with Gasteiger partial charge in [0.05, 0.1) is 0 Å². The zero-order valence-corrected chi connectivity index (χ0v) is 8.54. The van der Waals surface area contributed by atoms with E-state index in [-0.39, 0.29) is 0 Å². The minimum absolute atomic E-state index is 1.13. The maximum absolute atomic E-state index is 6.88. The Kier molecular flexibility index (Phi) is 6.52. The van der Waals surface area contributed by atoms with E-state index in [1.165, 1.54) is 11.8 Å². The lowest BCUT2D eigenvalue weighted by atomic mass is 10.1. The van der Waals surface area contributed by atoms with Crippen molar-refractivity contribution in [1.82, 2.24) is 0 Å². The predicted molar refractivity (Wildman–Crippen MR) is 60.2 cm³/mol. The van der Waals surface area contributed by atoms with E-state index in [9.17, 15) is 0 Å². The fourth-order valence-electron chi connectivity index (χ4n) is 0.922. The van der Waals surface area contributed by atoms with Crippen LogP contribution < -0.4 is 0 Å². The molecule has 0 aliphatic carbocycles. The van der Waals surface area contributed by atoms with Gasteiger partial charge < -0.3 is 5.41 Å². The summed E-state index contributed by atoms with van der Waals surface area (Å²) in [6.45, 7) is 6.00. The molecule has 0 bridgehead atoms. The molecular weight excluding hydrogens is 158 g/mol. The third-order valence-corrected chi connectivity index (χ3v) is 1.56. The van der Waals surface area contributed by atoms with Crippen LogP contribution in [0.25, 0.3) is 5.57 Å². The molecule has 0 saturated heterocycles. The number of benzene rings is 1. The van der Waals surface area contributed by atoms with Crippen molar-refractivity contribution in [2.45, 2.75) is 20.8 Å². The molecule has 0 saturated carbocycles. The summed E-state index contributed by atoms with van der Waals surface area (Å²) in [4.78, 5) is 0. The summed E-state index contributed by atoms with van der Waals surface area (Å²) in [5.41, 5.74) is 2.30. The third-order valence-electron chi connectivity index (χ3n) is 1.56. The van der Waals surface area contributed by atoms with Gasteiger partial charge in [0.2, 0.25) is 0 Å². The second kappa shape index (κ2) is 7.29. The van der Waals surface area contributed by atoms with Crippen LogP contribution in [0, 0.1) is 5.41 Å². The summed E-state index contributed by atoms with van der Waals surface area (Å²) in [5, 5.41) is 6.88. The Bertz CT molecular complexity index is 260. The first-order valence-electron chi connectivity index (χ1n) is 4.57. The first-order chi connectivity index (χ1) is 6.34. The lowest BCUT2D eigenvalue weighted by Gasteiger charge is -1.97. The van der Waals surface area contributed by atoms with Crippen LogP contribution in [0.1, 0.15) is 26.3 Å². The van der Waals surface area contributed by atoms with Gasteiger partial charge in [0, 0.05) is 6.21 Å². The quantitative estimate of drug-likeness (QED) is 0.662. The summed E-state index contributed by atoms with van der Waals surface area (Å²) < 4.78 is 0. The van der Waals surface area contributed by atoms with Gasteiger partial charge in [-0.2, -0.15) is 0 Å². The van der Waals surface area contributed by atoms with Gasteiger partial charge in [-0.05, 0) is 24.1 Å². The van der Waals surface area contributed by atoms with E-state index in [0.29, 0.717) is 0 Å². The highest BCUT2D eigenvalue weighted by molar-refractivity contribution is 5.81. The number of hydrogen-bond acceptors (Lipinski definition) is 1. The van der Waals surface area contributed by atoms with Crippen molar-refractivity contribution in [2.75, 3.05) is 0 Å². The highest BCUT2D eigenvalue weighted by Gasteiger charge is 1.89. The molecule has 1 heteroatoms. The Morgan fingerprint density at radius 2 is 1.69 bits per heavy atom. The topological polar surface area (TPSA) is 23.9 Å². The first-order valence-corrected chi connectivity index (χ1v) is 4.57. The van der Waals surface area contributed by atoms with E-state index < -0.39 is 0 Å². The molecule has 70 valence electrons. The SMILES string of the molecule is C/C(=C/C=N)c1ccccc1.CC. The van der Waals surface area contributed by atoms with E-state index in [1.54, 1.807) is 6.08 Å². The minimum Gasteiger partial charge on any atom is -0.309 e. The molecule has 1 aromatic rings. The van der Waals surface area contributed by atoms with Crippen LogP contribution in [0.3, 0.4) is 0 Å².